The molecule has 0 spiro atoms. The fraction of sp³-hybridized carbons (Fsp3) is 0.125. The zero-order valence-corrected chi connectivity index (χ0v) is 18.1. The lowest BCUT2D eigenvalue weighted by Gasteiger charge is -2.30. The number of ether oxygens (including phenoxy) is 3. The summed E-state index contributed by atoms with van der Waals surface area (Å²) in [5.41, 5.74) is 1.79. The highest BCUT2D eigenvalue weighted by atomic mass is 32.2. The molecule has 1 N–H and O–H groups in total. The van der Waals surface area contributed by atoms with Gasteiger partial charge in [-0.05, 0) is 42.5 Å². The molecule has 0 fully saturated rings. The number of hydrogen-bond donors (Lipinski definition) is 1. The first-order chi connectivity index (χ1) is 16.1. The number of anilines is 2. The first-order valence-electron chi connectivity index (χ1n) is 10.1. The number of benzene rings is 3. The topological polar surface area (TPSA) is 94.2 Å². The van der Waals surface area contributed by atoms with Crippen molar-refractivity contribution < 1.29 is 28.6 Å². The standard InChI is InChI=1S/C24H18N2O6S/c27-22(26-16-5-1-3-7-20(16)33-21-8-4-2-6-17(21)26)13-30-23(28)12-25-24(29)15-9-10-18-19(11-15)32-14-31-18/h1-11H,12-14H2,(H,25,29). The minimum atomic E-state index is -0.717. The van der Waals surface area contributed by atoms with E-state index in [4.69, 9.17) is 14.2 Å². The first kappa shape index (κ1) is 20.9. The predicted molar refractivity (Wildman–Crippen MR) is 120 cm³/mol. The molecule has 3 aromatic rings. The number of carbonyl (C=O) groups excluding carboxylic acids is 3. The molecule has 5 rings (SSSR count). The lowest BCUT2D eigenvalue weighted by molar-refractivity contribution is -0.146. The van der Waals surface area contributed by atoms with Gasteiger partial charge in [-0.3, -0.25) is 19.3 Å². The molecule has 0 radical (unpaired) electrons. The van der Waals surface area contributed by atoms with Gasteiger partial charge in [0.25, 0.3) is 11.8 Å². The highest BCUT2D eigenvalue weighted by Crippen LogP contribution is 2.47. The molecule has 8 nitrogen and oxygen atoms in total. The minimum Gasteiger partial charge on any atom is -0.454 e. The summed E-state index contributed by atoms with van der Waals surface area (Å²) in [6, 6.07) is 19.8. The van der Waals surface area contributed by atoms with Crippen molar-refractivity contribution in [1.82, 2.24) is 5.32 Å². The van der Waals surface area contributed by atoms with Crippen molar-refractivity contribution in [2.75, 3.05) is 24.8 Å². The highest BCUT2D eigenvalue weighted by molar-refractivity contribution is 7.99. The molecule has 3 aromatic carbocycles. The Balaban J connectivity index is 1.20. The molecule has 9 heteroatoms. The van der Waals surface area contributed by atoms with Crippen LogP contribution < -0.4 is 19.7 Å². The normalized spacial score (nSPS) is 13.0. The van der Waals surface area contributed by atoms with Crippen LogP contribution in [0.5, 0.6) is 11.5 Å². The summed E-state index contributed by atoms with van der Waals surface area (Å²) in [6.07, 6.45) is 0. The second kappa shape index (κ2) is 8.87. The third-order valence-electron chi connectivity index (χ3n) is 5.07. The molecular weight excluding hydrogens is 444 g/mol. The number of para-hydroxylation sites is 2. The largest absolute Gasteiger partial charge is 0.454 e. The van der Waals surface area contributed by atoms with Crippen LogP contribution in [0.4, 0.5) is 11.4 Å². The summed E-state index contributed by atoms with van der Waals surface area (Å²) in [5.74, 6) is -0.539. The zero-order chi connectivity index (χ0) is 22.8. The summed E-state index contributed by atoms with van der Waals surface area (Å²) in [6.45, 7) is -0.721. The molecule has 0 aromatic heterocycles. The van der Waals surface area contributed by atoms with Gasteiger partial charge < -0.3 is 19.5 Å². The van der Waals surface area contributed by atoms with Crippen LogP contribution in [0.25, 0.3) is 0 Å². The lowest BCUT2D eigenvalue weighted by atomic mass is 10.2. The van der Waals surface area contributed by atoms with E-state index in [-0.39, 0.29) is 19.2 Å². The average Bonchev–Trinajstić information content (AvgIpc) is 3.32. The van der Waals surface area contributed by atoms with Gasteiger partial charge in [-0.25, -0.2) is 0 Å². The van der Waals surface area contributed by atoms with Crippen molar-refractivity contribution in [2.24, 2.45) is 0 Å². The molecule has 33 heavy (non-hydrogen) atoms. The summed E-state index contributed by atoms with van der Waals surface area (Å²) in [7, 11) is 0. The summed E-state index contributed by atoms with van der Waals surface area (Å²) < 4.78 is 15.6. The number of carbonyl (C=O) groups is 3. The number of nitrogens with zero attached hydrogens (tertiary/aromatic N) is 1. The fourth-order valence-electron chi connectivity index (χ4n) is 3.52. The Morgan fingerprint density at radius 3 is 2.30 bits per heavy atom. The van der Waals surface area contributed by atoms with Crippen LogP contribution in [0, 0.1) is 0 Å². The van der Waals surface area contributed by atoms with Gasteiger partial charge in [0.2, 0.25) is 6.79 Å². The van der Waals surface area contributed by atoms with Crippen LogP contribution >= 0.6 is 11.8 Å². The second-order valence-electron chi connectivity index (χ2n) is 7.18. The zero-order valence-electron chi connectivity index (χ0n) is 17.3. The number of nitrogens with one attached hydrogen (secondary N) is 1. The van der Waals surface area contributed by atoms with Gasteiger partial charge >= 0.3 is 5.97 Å². The van der Waals surface area contributed by atoms with Gasteiger partial charge in [0.05, 0.1) is 11.4 Å². The van der Waals surface area contributed by atoms with Gasteiger partial charge in [-0.2, -0.15) is 0 Å². The third-order valence-corrected chi connectivity index (χ3v) is 6.20. The number of amides is 2. The van der Waals surface area contributed by atoms with Gasteiger partial charge in [-0.15, -0.1) is 0 Å². The van der Waals surface area contributed by atoms with Gasteiger partial charge in [0.1, 0.15) is 6.54 Å². The molecule has 0 atom stereocenters. The van der Waals surface area contributed by atoms with E-state index in [2.05, 4.69) is 5.32 Å². The van der Waals surface area contributed by atoms with E-state index in [0.29, 0.717) is 17.1 Å². The average molecular weight is 462 g/mol. The molecule has 166 valence electrons. The highest BCUT2D eigenvalue weighted by Gasteiger charge is 2.28. The van der Waals surface area contributed by atoms with Crippen LogP contribution in [-0.2, 0) is 14.3 Å². The van der Waals surface area contributed by atoms with Crippen LogP contribution in [0.1, 0.15) is 10.4 Å². The van der Waals surface area contributed by atoms with Crippen LogP contribution in [0.15, 0.2) is 76.5 Å². The van der Waals surface area contributed by atoms with Gasteiger partial charge in [0, 0.05) is 15.4 Å². The monoisotopic (exact) mass is 462 g/mol. The molecule has 0 unspecified atom stereocenters. The smallest absolute Gasteiger partial charge is 0.325 e. The predicted octanol–water partition coefficient (Wildman–Crippen LogP) is 3.52. The Morgan fingerprint density at radius 2 is 1.58 bits per heavy atom. The number of esters is 1. The van der Waals surface area contributed by atoms with E-state index >= 15 is 0 Å². The van der Waals surface area contributed by atoms with Gasteiger partial charge in [0.15, 0.2) is 18.1 Å². The first-order valence-corrected chi connectivity index (χ1v) is 10.9. The Hall–Kier alpha value is -3.98. The molecule has 0 bridgehead atoms. The maximum Gasteiger partial charge on any atom is 0.325 e. The Kier molecular flexibility index (Phi) is 5.62. The van der Waals surface area contributed by atoms with Gasteiger partial charge in [-0.1, -0.05) is 36.0 Å². The van der Waals surface area contributed by atoms with E-state index in [1.165, 1.54) is 6.07 Å². The molecule has 2 amide bonds. The van der Waals surface area contributed by atoms with E-state index in [9.17, 15) is 14.4 Å². The number of fused-ring (bicyclic) bond motifs is 3. The number of rotatable bonds is 5. The van der Waals surface area contributed by atoms with Crippen LogP contribution in [0.2, 0.25) is 0 Å². The molecule has 0 saturated heterocycles. The van der Waals surface area contributed by atoms with E-state index < -0.39 is 18.5 Å². The molecule has 2 heterocycles. The maximum absolute atomic E-state index is 13.0. The van der Waals surface area contributed by atoms with Crippen molar-refractivity contribution in [1.29, 1.82) is 0 Å². The molecule has 2 aliphatic rings. The van der Waals surface area contributed by atoms with Crippen molar-refractivity contribution >= 4 is 40.9 Å². The maximum atomic E-state index is 13.0. The summed E-state index contributed by atoms with van der Waals surface area (Å²) in [5, 5.41) is 2.49. The Labute approximate surface area is 193 Å². The third kappa shape index (κ3) is 4.22. The Bertz CT molecular complexity index is 1220. The minimum absolute atomic E-state index is 0.103. The van der Waals surface area contributed by atoms with Crippen LogP contribution in [0.3, 0.4) is 0 Å². The summed E-state index contributed by atoms with van der Waals surface area (Å²) >= 11 is 1.58. The van der Waals surface area contributed by atoms with Crippen molar-refractivity contribution in [3.8, 4) is 11.5 Å². The van der Waals surface area contributed by atoms with E-state index in [0.717, 1.165) is 21.2 Å². The molecular formula is C24H18N2O6S. The SMILES string of the molecule is O=C(CNC(=O)c1ccc2c(c1)OCO2)OCC(=O)N1c2ccccc2Sc2ccccc21. The second-order valence-corrected chi connectivity index (χ2v) is 8.26. The number of hydrogen-bond acceptors (Lipinski definition) is 7. The van der Waals surface area contributed by atoms with Crippen molar-refractivity contribution in [3.05, 3.63) is 72.3 Å². The van der Waals surface area contributed by atoms with Crippen molar-refractivity contribution in [3.63, 3.8) is 0 Å². The van der Waals surface area contributed by atoms with Crippen LogP contribution in [-0.4, -0.2) is 37.7 Å². The quantitative estimate of drug-likeness (QED) is 0.580. The molecule has 2 aliphatic heterocycles. The van der Waals surface area contributed by atoms with E-state index in [1.54, 1.807) is 28.8 Å². The van der Waals surface area contributed by atoms with Crippen molar-refractivity contribution in [2.45, 2.75) is 9.79 Å². The Morgan fingerprint density at radius 1 is 0.909 bits per heavy atom. The molecule has 0 saturated carbocycles. The fourth-order valence-corrected chi connectivity index (χ4v) is 4.58. The van der Waals surface area contributed by atoms with E-state index in [1.807, 2.05) is 48.5 Å². The lowest BCUT2D eigenvalue weighted by Crippen LogP contribution is -2.35. The summed E-state index contributed by atoms with van der Waals surface area (Å²) in [4.78, 5) is 41.0. The molecule has 0 aliphatic carbocycles.